The van der Waals surface area contributed by atoms with Crippen LogP contribution >= 0.6 is 0 Å². The number of guanidine groups is 1. The summed E-state index contributed by atoms with van der Waals surface area (Å²) in [5.41, 5.74) is 1.32. The monoisotopic (exact) mass is 361 g/mol. The number of para-hydroxylation sites is 1. The van der Waals surface area contributed by atoms with Crippen LogP contribution in [0.3, 0.4) is 0 Å². The number of piperazine rings is 1. The van der Waals surface area contributed by atoms with E-state index >= 15 is 0 Å². The fourth-order valence-corrected chi connectivity index (χ4v) is 3.24. The summed E-state index contributed by atoms with van der Waals surface area (Å²) in [6.07, 6.45) is 0. The molecule has 1 aromatic rings. The fraction of sp³-hybridized carbons (Fsp3) is 0.650. The first-order chi connectivity index (χ1) is 12.6. The van der Waals surface area contributed by atoms with Gasteiger partial charge in [-0.3, -0.25) is 9.89 Å². The Bertz CT molecular complexity index is 528. The number of hydrogen-bond donors (Lipinski definition) is 2. The lowest BCUT2D eigenvalue weighted by Crippen LogP contribution is -2.51. The number of nitrogens with one attached hydrogen (secondary N) is 2. The molecule has 1 aliphatic heterocycles. The predicted octanol–water partition coefficient (Wildman–Crippen LogP) is 1.79. The van der Waals surface area contributed by atoms with E-state index in [1.165, 1.54) is 5.69 Å². The van der Waals surface area contributed by atoms with Crippen LogP contribution in [0.1, 0.15) is 20.8 Å². The van der Waals surface area contributed by atoms with Gasteiger partial charge in [0.1, 0.15) is 0 Å². The van der Waals surface area contributed by atoms with E-state index in [0.29, 0.717) is 12.6 Å². The molecule has 1 aliphatic rings. The molecule has 2 N–H and O–H groups in total. The SMILES string of the molecule is CCNC(=NCC(C)N1CCN(c2ccccc2)CC1)NC(C)COC. The average Bonchev–Trinajstić information content (AvgIpc) is 2.67. The molecule has 1 saturated heterocycles. The zero-order valence-corrected chi connectivity index (χ0v) is 16.7. The van der Waals surface area contributed by atoms with Crippen molar-refractivity contribution in [2.75, 3.05) is 57.9 Å². The summed E-state index contributed by atoms with van der Waals surface area (Å²) in [6, 6.07) is 11.3. The zero-order valence-electron chi connectivity index (χ0n) is 16.7. The van der Waals surface area contributed by atoms with Crippen LogP contribution in [0.4, 0.5) is 5.69 Å². The van der Waals surface area contributed by atoms with Crippen LogP contribution in [0.5, 0.6) is 0 Å². The van der Waals surface area contributed by atoms with Crippen LogP contribution in [0, 0.1) is 0 Å². The van der Waals surface area contributed by atoms with E-state index in [1.54, 1.807) is 7.11 Å². The molecule has 6 nitrogen and oxygen atoms in total. The summed E-state index contributed by atoms with van der Waals surface area (Å²) in [6.45, 7) is 13.1. The normalized spacial score (nSPS) is 18.5. The molecule has 0 aliphatic carbocycles. The minimum Gasteiger partial charge on any atom is -0.383 e. The van der Waals surface area contributed by atoms with Crippen molar-refractivity contribution >= 4 is 11.6 Å². The summed E-state index contributed by atoms with van der Waals surface area (Å²) in [7, 11) is 1.72. The number of ether oxygens (including phenoxy) is 1. The zero-order chi connectivity index (χ0) is 18.8. The van der Waals surface area contributed by atoms with Crippen molar-refractivity contribution in [3.05, 3.63) is 30.3 Å². The third-order valence-electron chi connectivity index (χ3n) is 4.72. The van der Waals surface area contributed by atoms with Gasteiger partial charge in [0, 0.05) is 57.6 Å². The molecule has 1 fully saturated rings. The van der Waals surface area contributed by atoms with E-state index in [0.717, 1.165) is 45.2 Å². The first-order valence-corrected chi connectivity index (χ1v) is 9.71. The van der Waals surface area contributed by atoms with Crippen molar-refractivity contribution in [1.82, 2.24) is 15.5 Å². The van der Waals surface area contributed by atoms with Crippen molar-refractivity contribution in [3.63, 3.8) is 0 Å². The smallest absolute Gasteiger partial charge is 0.191 e. The lowest BCUT2D eigenvalue weighted by Gasteiger charge is -2.38. The second-order valence-electron chi connectivity index (χ2n) is 6.93. The van der Waals surface area contributed by atoms with Crippen molar-refractivity contribution < 1.29 is 4.74 Å². The van der Waals surface area contributed by atoms with Gasteiger partial charge in [-0.15, -0.1) is 0 Å². The summed E-state index contributed by atoms with van der Waals surface area (Å²) < 4.78 is 5.19. The fourth-order valence-electron chi connectivity index (χ4n) is 3.24. The van der Waals surface area contributed by atoms with Gasteiger partial charge in [-0.25, -0.2) is 0 Å². The van der Waals surface area contributed by atoms with Crippen LogP contribution in [0.2, 0.25) is 0 Å². The molecule has 1 heterocycles. The third-order valence-corrected chi connectivity index (χ3v) is 4.72. The van der Waals surface area contributed by atoms with Crippen LogP contribution in [0.25, 0.3) is 0 Å². The Morgan fingerprint density at radius 2 is 1.85 bits per heavy atom. The molecule has 0 bridgehead atoms. The van der Waals surface area contributed by atoms with E-state index in [9.17, 15) is 0 Å². The molecule has 0 amide bonds. The summed E-state index contributed by atoms with van der Waals surface area (Å²) in [5, 5.41) is 6.71. The number of benzene rings is 1. The maximum atomic E-state index is 5.19. The van der Waals surface area contributed by atoms with Gasteiger partial charge in [0.2, 0.25) is 0 Å². The molecule has 1 aromatic carbocycles. The van der Waals surface area contributed by atoms with Gasteiger partial charge in [-0.2, -0.15) is 0 Å². The lowest BCUT2D eigenvalue weighted by molar-refractivity contribution is 0.178. The summed E-state index contributed by atoms with van der Waals surface area (Å²) >= 11 is 0. The van der Waals surface area contributed by atoms with Gasteiger partial charge >= 0.3 is 0 Å². The van der Waals surface area contributed by atoms with E-state index in [1.807, 2.05) is 0 Å². The molecule has 2 rings (SSSR count). The van der Waals surface area contributed by atoms with Crippen LogP contribution in [-0.2, 0) is 4.74 Å². The lowest BCUT2D eigenvalue weighted by atomic mass is 10.2. The third kappa shape index (κ3) is 6.50. The molecular weight excluding hydrogens is 326 g/mol. The van der Waals surface area contributed by atoms with Gasteiger partial charge in [-0.1, -0.05) is 18.2 Å². The van der Waals surface area contributed by atoms with Gasteiger partial charge in [0.05, 0.1) is 13.2 Å². The molecule has 0 radical (unpaired) electrons. The van der Waals surface area contributed by atoms with Crippen LogP contribution in [-0.4, -0.2) is 75.9 Å². The van der Waals surface area contributed by atoms with Crippen LogP contribution < -0.4 is 15.5 Å². The Labute approximate surface area is 158 Å². The minimum absolute atomic E-state index is 0.238. The Balaban J connectivity index is 1.82. The highest BCUT2D eigenvalue weighted by atomic mass is 16.5. The average molecular weight is 362 g/mol. The number of nitrogens with zero attached hydrogens (tertiary/aromatic N) is 3. The van der Waals surface area contributed by atoms with Gasteiger partial charge < -0.3 is 20.3 Å². The van der Waals surface area contributed by atoms with Crippen molar-refractivity contribution in [1.29, 1.82) is 0 Å². The number of hydrogen-bond acceptors (Lipinski definition) is 4. The highest BCUT2D eigenvalue weighted by Crippen LogP contribution is 2.16. The van der Waals surface area contributed by atoms with Crippen LogP contribution in [0.15, 0.2) is 35.3 Å². The maximum Gasteiger partial charge on any atom is 0.191 e. The predicted molar refractivity (Wildman–Crippen MR) is 110 cm³/mol. The molecule has 146 valence electrons. The highest BCUT2D eigenvalue weighted by molar-refractivity contribution is 5.80. The number of aliphatic imine (C=N–C) groups is 1. The Hall–Kier alpha value is -1.79. The molecule has 0 saturated carbocycles. The van der Waals surface area contributed by atoms with Crippen molar-refractivity contribution in [2.24, 2.45) is 4.99 Å². The highest BCUT2D eigenvalue weighted by Gasteiger charge is 2.21. The molecular formula is C20H35N5O. The standard InChI is InChI=1S/C20H35N5O/c1-5-21-20(23-17(2)16-26-4)22-15-18(3)24-11-13-25(14-12-24)19-9-7-6-8-10-19/h6-10,17-18H,5,11-16H2,1-4H3,(H2,21,22,23). The molecule has 2 atom stereocenters. The molecule has 0 aromatic heterocycles. The summed E-state index contributed by atoms with van der Waals surface area (Å²) in [5.74, 6) is 0.867. The number of rotatable bonds is 8. The van der Waals surface area contributed by atoms with Crippen molar-refractivity contribution in [2.45, 2.75) is 32.9 Å². The van der Waals surface area contributed by atoms with E-state index in [2.05, 4.69) is 71.5 Å². The maximum absolute atomic E-state index is 5.19. The topological polar surface area (TPSA) is 52.1 Å². The largest absolute Gasteiger partial charge is 0.383 e. The molecule has 26 heavy (non-hydrogen) atoms. The number of methoxy groups -OCH3 is 1. The summed E-state index contributed by atoms with van der Waals surface area (Å²) in [4.78, 5) is 9.77. The Morgan fingerprint density at radius 3 is 2.46 bits per heavy atom. The molecule has 2 unspecified atom stereocenters. The van der Waals surface area contributed by atoms with Gasteiger partial charge in [-0.05, 0) is 32.9 Å². The van der Waals surface area contributed by atoms with Gasteiger partial charge in [0.25, 0.3) is 0 Å². The van der Waals surface area contributed by atoms with Crippen molar-refractivity contribution in [3.8, 4) is 0 Å². The number of anilines is 1. The molecule has 0 spiro atoms. The molecule has 6 heteroatoms. The quantitative estimate of drug-likeness (QED) is 0.546. The van der Waals surface area contributed by atoms with E-state index in [-0.39, 0.29) is 6.04 Å². The van der Waals surface area contributed by atoms with E-state index in [4.69, 9.17) is 9.73 Å². The van der Waals surface area contributed by atoms with Gasteiger partial charge in [0.15, 0.2) is 5.96 Å². The minimum atomic E-state index is 0.238. The second kappa shape index (κ2) is 11.0. The first-order valence-electron chi connectivity index (χ1n) is 9.71. The Kier molecular flexibility index (Phi) is 8.71. The Morgan fingerprint density at radius 1 is 1.15 bits per heavy atom. The first kappa shape index (κ1) is 20.5. The van der Waals surface area contributed by atoms with E-state index < -0.39 is 0 Å². The second-order valence-corrected chi connectivity index (χ2v) is 6.93.